The van der Waals surface area contributed by atoms with E-state index in [1.54, 1.807) is 45.5 Å². The first-order chi connectivity index (χ1) is 15.8. The van der Waals surface area contributed by atoms with Crippen molar-refractivity contribution in [3.63, 3.8) is 0 Å². The van der Waals surface area contributed by atoms with E-state index in [0.717, 1.165) is 5.56 Å². The number of piperazine rings is 1. The van der Waals surface area contributed by atoms with E-state index >= 15 is 0 Å². The highest BCUT2D eigenvalue weighted by Gasteiger charge is 2.25. The second kappa shape index (κ2) is 10.1. The molecule has 6 nitrogen and oxygen atoms in total. The number of hydrogen-bond donors (Lipinski definition) is 0. The Kier molecular flexibility index (Phi) is 7.17. The van der Waals surface area contributed by atoms with Gasteiger partial charge in [-0.3, -0.25) is 9.59 Å². The van der Waals surface area contributed by atoms with Crippen LogP contribution in [0.1, 0.15) is 23.0 Å². The minimum absolute atomic E-state index is 0.00258. The van der Waals surface area contributed by atoms with E-state index in [1.807, 2.05) is 0 Å². The third-order valence-corrected chi connectivity index (χ3v) is 6.78. The normalized spacial score (nSPS) is 13.8. The number of ether oxygens (including phenoxy) is 1. The highest BCUT2D eigenvalue weighted by atomic mass is 35.5. The average Bonchev–Trinajstić information content (AvgIpc) is 3.28. The maximum atomic E-state index is 14.8. The molecule has 0 saturated carbocycles. The summed E-state index contributed by atoms with van der Waals surface area (Å²) in [4.78, 5) is 31.9. The molecular formula is C23H20Cl2FN3O3S. The summed E-state index contributed by atoms with van der Waals surface area (Å²) in [5.74, 6) is -0.380. The van der Waals surface area contributed by atoms with E-state index in [1.165, 1.54) is 24.3 Å². The van der Waals surface area contributed by atoms with Crippen LogP contribution in [0.5, 0.6) is 5.75 Å². The SMILES string of the molecule is CC(=O)N1CCN(C(=O)c2csc(-c3ccc(OCc4ccc(Cl)cc4Cl)cc3F)n2)CC1. The molecule has 0 spiro atoms. The standard InChI is InChI=1S/C23H20Cl2FN3O3S/c1-14(30)28-6-8-29(9-7-28)23(31)21-13-33-22(27-21)18-5-4-17(11-20(18)26)32-12-15-2-3-16(24)10-19(15)25/h2-5,10-11,13H,6-9,12H2,1H3. The number of carbonyl (C=O) groups is 2. The molecule has 1 aliphatic heterocycles. The molecule has 0 bridgehead atoms. The lowest BCUT2D eigenvalue weighted by Gasteiger charge is -2.33. The second-order valence-corrected chi connectivity index (χ2v) is 9.20. The summed E-state index contributed by atoms with van der Waals surface area (Å²) in [6.45, 7) is 3.57. The van der Waals surface area contributed by atoms with Crippen molar-refractivity contribution in [1.82, 2.24) is 14.8 Å². The van der Waals surface area contributed by atoms with Crippen LogP contribution in [0.2, 0.25) is 10.0 Å². The van der Waals surface area contributed by atoms with Crippen molar-refractivity contribution < 1.29 is 18.7 Å². The molecule has 0 atom stereocenters. The summed E-state index contributed by atoms with van der Waals surface area (Å²) in [6.07, 6.45) is 0. The Morgan fingerprint density at radius 1 is 1.09 bits per heavy atom. The fraction of sp³-hybridized carbons (Fsp3) is 0.261. The van der Waals surface area contributed by atoms with Crippen molar-refractivity contribution in [2.75, 3.05) is 26.2 Å². The molecule has 1 saturated heterocycles. The number of thiazole rings is 1. The number of carbonyl (C=O) groups excluding carboxylic acids is 2. The maximum absolute atomic E-state index is 14.8. The maximum Gasteiger partial charge on any atom is 0.273 e. The monoisotopic (exact) mass is 507 g/mol. The van der Waals surface area contributed by atoms with Gasteiger partial charge in [-0.2, -0.15) is 0 Å². The molecule has 0 unspecified atom stereocenters. The minimum Gasteiger partial charge on any atom is -0.489 e. The first-order valence-electron chi connectivity index (χ1n) is 10.2. The van der Waals surface area contributed by atoms with E-state index in [2.05, 4.69) is 4.98 Å². The molecule has 2 amide bonds. The van der Waals surface area contributed by atoms with Crippen LogP contribution in [0.4, 0.5) is 4.39 Å². The summed E-state index contributed by atoms with van der Waals surface area (Å²) in [5, 5.41) is 3.04. The summed E-state index contributed by atoms with van der Waals surface area (Å²) in [7, 11) is 0. The molecule has 1 aromatic heterocycles. The predicted octanol–water partition coefficient (Wildman–Crippen LogP) is 5.14. The first kappa shape index (κ1) is 23.5. The lowest BCUT2D eigenvalue weighted by Crippen LogP contribution is -2.50. The van der Waals surface area contributed by atoms with Gasteiger partial charge in [-0.25, -0.2) is 9.37 Å². The van der Waals surface area contributed by atoms with Crippen LogP contribution in [-0.4, -0.2) is 52.8 Å². The quantitative estimate of drug-likeness (QED) is 0.479. The van der Waals surface area contributed by atoms with Crippen LogP contribution in [0, 0.1) is 5.82 Å². The summed E-state index contributed by atoms with van der Waals surface area (Å²) in [6, 6.07) is 9.59. The van der Waals surface area contributed by atoms with Crippen LogP contribution in [-0.2, 0) is 11.4 Å². The number of hydrogen-bond acceptors (Lipinski definition) is 5. The molecule has 0 N–H and O–H groups in total. The summed E-state index contributed by atoms with van der Waals surface area (Å²) >= 11 is 13.2. The minimum atomic E-state index is -0.502. The van der Waals surface area contributed by atoms with Crippen LogP contribution >= 0.6 is 34.5 Å². The molecule has 4 rings (SSSR count). The zero-order valence-corrected chi connectivity index (χ0v) is 20.0. The largest absolute Gasteiger partial charge is 0.489 e. The Morgan fingerprint density at radius 2 is 1.82 bits per heavy atom. The van der Waals surface area contributed by atoms with Gasteiger partial charge in [0, 0.05) is 65.7 Å². The van der Waals surface area contributed by atoms with E-state index in [4.69, 9.17) is 27.9 Å². The van der Waals surface area contributed by atoms with Gasteiger partial charge in [0.05, 0.1) is 0 Å². The van der Waals surface area contributed by atoms with E-state index in [9.17, 15) is 14.0 Å². The topological polar surface area (TPSA) is 62.7 Å². The number of nitrogens with zero attached hydrogens (tertiary/aromatic N) is 3. The van der Waals surface area contributed by atoms with E-state index < -0.39 is 5.82 Å². The first-order valence-corrected chi connectivity index (χ1v) is 11.8. The molecule has 10 heteroatoms. The molecule has 172 valence electrons. The van der Waals surface area contributed by atoms with Gasteiger partial charge < -0.3 is 14.5 Å². The number of aromatic nitrogens is 1. The smallest absolute Gasteiger partial charge is 0.273 e. The van der Waals surface area contributed by atoms with Crippen molar-refractivity contribution in [3.8, 4) is 16.3 Å². The summed E-state index contributed by atoms with van der Waals surface area (Å²) in [5.41, 5.74) is 1.29. The van der Waals surface area contributed by atoms with Gasteiger partial charge in [0.25, 0.3) is 5.91 Å². The molecule has 0 aliphatic carbocycles. The molecule has 3 aromatic rings. The van der Waals surface area contributed by atoms with E-state index in [0.29, 0.717) is 47.0 Å². The van der Waals surface area contributed by atoms with Gasteiger partial charge in [0.15, 0.2) is 0 Å². The highest BCUT2D eigenvalue weighted by Crippen LogP contribution is 2.30. The molecule has 33 heavy (non-hydrogen) atoms. The van der Waals surface area contributed by atoms with Gasteiger partial charge >= 0.3 is 0 Å². The lowest BCUT2D eigenvalue weighted by molar-refractivity contribution is -0.130. The number of benzene rings is 2. The van der Waals surface area contributed by atoms with E-state index in [-0.39, 0.29) is 29.7 Å². The van der Waals surface area contributed by atoms with Crippen molar-refractivity contribution in [3.05, 3.63) is 68.9 Å². The molecule has 1 aliphatic rings. The molecule has 0 radical (unpaired) electrons. The zero-order valence-electron chi connectivity index (χ0n) is 17.7. The van der Waals surface area contributed by atoms with Gasteiger partial charge in [0.2, 0.25) is 5.91 Å². The number of rotatable bonds is 5. The van der Waals surface area contributed by atoms with Crippen LogP contribution < -0.4 is 4.74 Å². The lowest BCUT2D eigenvalue weighted by atomic mass is 10.2. The Hall–Kier alpha value is -2.68. The summed E-state index contributed by atoms with van der Waals surface area (Å²) < 4.78 is 20.4. The Balaban J connectivity index is 1.41. The van der Waals surface area contributed by atoms with Crippen molar-refractivity contribution in [1.29, 1.82) is 0 Å². The number of amides is 2. The van der Waals surface area contributed by atoms with Gasteiger partial charge in [-0.15, -0.1) is 11.3 Å². The zero-order chi connectivity index (χ0) is 23.5. The van der Waals surface area contributed by atoms with Gasteiger partial charge in [-0.05, 0) is 24.3 Å². The predicted molar refractivity (Wildman–Crippen MR) is 126 cm³/mol. The third-order valence-electron chi connectivity index (χ3n) is 5.32. The van der Waals surface area contributed by atoms with Crippen molar-refractivity contribution in [2.24, 2.45) is 0 Å². The molecule has 1 fully saturated rings. The Morgan fingerprint density at radius 3 is 2.48 bits per heavy atom. The molecular weight excluding hydrogens is 488 g/mol. The fourth-order valence-corrected chi connectivity index (χ4v) is 4.72. The average molecular weight is 508 g/mol. The van der Waals surface area contributed by atoms with Crippen LogP contribution in [0.15, 0.2) is 41.8 Å². The van der Waals surface area contributed by atoms with Crippen LogP contribution in [0.3, 0.4) is 0 Å². The Labute approximate surface area is 204 Å². The van der Waals surface area contributed by atoms with Gasteiger partial charge in [-0.1, -0.05) is 29.3 Å². The van der Waals surface area contributed by atoms with Crippen molar-refractivity contribution >= 4 is 46.4 Å². The van der Waals surface area contributed by atoms with Gasteiger partial charge in [0.1, 0.15) is 28.9 Å². The number of halogens is 3. The third kappa shape index (κ3) is 5.46. The molecule has 2 aromatic carbocycles. The Bertz CT molecular complexity index is 1200. The highest BCUT2D eigenvalue weighted by molar-refractivity contribution is 7.13. The second-order valence-electron chi connectivity index (χ2n) is 7.50. The fourth-order valence-electron chi connectivity index (χ4n) is 3.44. The van der Waals surface area contributed by atoms with Crippen molar-refractivity contribution in [2.45, 2.75) is 13.5 Å². The van der Waals surface area contributed by atoms with Crippen LogP contribution in [0.25, 0.3) is 10.6 Å². The molecule has 2 heterocycles.